The van der Waals surface area contributed by atoms with Gasteiger partial charge in [0.1, 0.15) is 17.9 Å². The summed E-state index contributed by atoms with van der Waals surface area (Å²) >= 11 is 0. The molecule has 0 bridgehead atoms. The number of nitrogens with zero attached hydrogens (tertiary/aromatic N) is 4. The van der Waals surface area contributed by atoms with Gasteiger partial charge in [-0.05, 0) is 92.7 Å². The molecule has 5 aromatic rings. The predicted octanol–water partition coefficient (Wildman–Crippen LogP) is 5.45. The van der Waals surface area contributed by atoms with E-state index < -0.39 is 10.0 Å². The number of anilines is 3. The minimum atomic E-state index is -3.72. The highest BCUT2D eigenvalue weighted by Gasteiger charge is 2.15. The monoisotopic (exact) mass is 614 g/mol. The molecule has 11 nitrogen and oxygen atoms in total. The van der Waals surface area contributed by atoms with E-state index in [1.165, 1.54) is 56.1 Å². The van der Waals surface area contributed by atoms with Crippen molar-refractivity contribution < 1.29 is 23.1 Å². The fourth-order valence-electron chi connectivity index (χ4n) is 5.13. The lowest BCUT2D eigenvalue weighted by Gasteiger charge is -2.15. The Morgan fingerprint density at radius 3 is 2.32 bits per heavy atom. The van der Waals surface area contributed by atoms with Gasteiger partial charge in [-0.15, -0.1) is 0 Å². The van der Waals surface area contributed by atoms with Gasteiger partial charge in [0, 0.05) is 53.2 Å². The summed E-state index contributed by atoms with van der Waals surface area (Å²) in [5.74, 6) is 1.24. The molecule has 0 amide bonds. The Bertz CT molecular complexity index is 1800. The van der Waals surface area contributed by atoms with Crippen LogP contribution in [0, 0.1) is 0 Å². The Hall–Kier alpha value is -4.94. The summed E-state index contributed by atoms with van der Waals surface area (Å²) in [7, 11) is -2.18. The van der Waals surface area contributed by atoms with Crippen molar-refractivity contribution in [2.24, 2.45) is 0 Å². The van der Waals surface area contributed by atoms with E-state index in [1.807, 2.05) is 6.07 Å². The standard InChI is InChI=1S/C31H32N6O3S.CH2O2/c1-40-27-9-11-28(12-10-27)41(38,39)35-26-7-5-25(6-8-26)34-31-21-29(32-22-33-31)23-4-13-30-24(20-23)14-17-37(30)19-18-36-15-2-3-16-36;2-1-3/h4-14,17,20-22,35H,2-3,15-16,18-19H2,1H3,(H,32,33,34);1H,(H,2,3). The molecule has 0 saturated carbocycles. The number of methoxy groups -OCH3 is 1. The number of hydrogen-bond acceptors (Lipinski definition) is 8. The van der Waals surface area contributed by atoms with E-state index in [1.54, 1.807) is 42.7 Å². The Balaban J connectivity index is 0.00000123. The first kappa shape index (κ1) is 30.5. The number of sulfonamides is 1. The smallest absolute Gasteiger partial charge is 0.290 e. The predicted molar refractivity (Wildman–Crippen MR) is 171 cm³/mol. The second kappa shape index (κ2) is 14.0. The third-order valence-electron chi connectivity index (χ3n) is 7.37. The molecule has 1 fully saturated rings. The van der Waals surface area contributed by atoms with Gasteiger partial charge in [-0.1, -0.05) is 6.07 Å². The summed E-state index contributed by atoms with van der Waals surface area (Å²) in [6, 6.07) is 23.7. The van der Waals surface area contributed by atoms with Crippen LogP contribution in [-0.4, -0.2) is 66.2 Å². The van der Waals surface area contributed by atoms with Crippen LogP contribution >= 0.6 is 0 Å². The van der Waals surface area contributed by atoms with E-state index in [4.69, 9.17) is 14.6 Å². The second-order valence-electron chi connectivity index (χ2n) is 10.2. The average Bonchev–Trinajstić information content (AvgIpc) is 3.71. The summed E-state index contributed by atoms with van der Waals surface area (Å²) in [4.78, 5) is 19.9. The van der Waals surface area contributed by atoms with Crippen molar-refractivity contribution in [3.8, 4) is 17.0 Å². The SMILES string of the molecule is COc1ccc(S(=O)(=O)Nc2ccc(Nc3cc(-c4ccc5c(ccn5CCN5CCCC5)c4)ncn3)cc2)cc1.O=CO. The van der Waals surface area contributed by atoms with Crippen molar-refractivity contribution in [3.63, 3.8) is 0 Å². The summed E-state index contributed by atoms with van der Waals surface area (Å²) in [5.41, 5.74) is 4.28. The molecular weight excluding hydrogens is 580 g/mol. The Morgan fingerprint density at radius 1 is 0.909 bits per heavy atom. The van der Waals surface area contributed by atoms with Crippen LogP contribution in [0.15, 0.2) is 96.3 Å². The van der Waals surface area contributed by atoms with Gasteiger partial charge in [-0.3, -0.25) is 9.52 Å². The van der Waals surface area contributed by atoms with Gasteiger partial charge in [-0.25, -0.2) is 18.4 Å². The van der Waals surface area contributed by atoms with Gasteiger partial charge >= 0.3 is 0 Å². The lowest BCUT2D eigenvalue weighted by atomic mass is 10.1. The molecule has 228 valence electrons. The molecule has 12 heteroatoms. The van der Waals surface area contributed by atoms with Crippen LogP contribution in [0.3, 0.4) is 0 Å². The minimum Gasteiger partial charge on any atom is -0.497 e. The van der Waals surface area contributed by atoms with Crippen LogP contribution in [-0.2, 0) is 21.4 Å². The maximum absolute atomic E-state index is 12.7. The highest BCUT2D eigenvalue weighted by molar-refractivity contribution is 7.92. The summed E-state index contributed by atoms with van der Waals surface area (Å²) in [5, 5.41) is 11.4. The van der Waals surface area contributed by atoms with Crippen molar-refractivity contribution in [1.29, 1.82) is 0 Å². The number of carbonyl (C=O) groups is 1. The van der Waals surface area contributed by atoms with Gasteiger partial charge in [0.15, 0.2) is 0 Å². The Labute approximate surface area is 256 Å². The maximum atomic E-state index is 12.7. The lowest BCUT2D eigenvalue weighted by molar-refractivity contribution is -0.122. The summed E-state index contributed by atoms with van der Waals surface area (Å²) < 4.78 is 35.5. The highest BCUT2D eigenvalue weighted by Crippen LogP contribution is 2.27. The lowest BCUT2D eigenvalue weighted by Crippen LogP contribution is -2.23. The largest absolute Gasteiger partial charge is 0.497 e. The van der Waals surface area contributed by atoms with Gasteiger partial charge in [-0.2, -0.15) is 0 Å². The molecular formula is C32H34N6O5S. The van der Waals surface area contributed by atoms with Gasteiger partial charge in [0.05, 0.1) is 17.7 Å². The third kappa shape index (κ3) is 7.52. The van der Waals surface area contributed by atoms with Crippen molar-refractivity contribution in [3.05, 3.63) is 91.4 Å². The molecule has 1 aliphatic rings. The first-order valence-corrected chi connectivity index (χ1v) is 15.6. The molecule has 0 radical (unpaired) electrons. The number of nitrogens with one attached hydrogen (secondary N) is 2. The Kier molecular flexibility index (Phi) is 9.72. The van der Waals surface area contributed by atoms with Crippen LogP contribution in [0.2, 0.25) is 0 Å². The van der Waals surface area contributed by atoms with Crippen molar-refractivity contribution >= 4 is 44.6 Å². The fraction of sp³-hybridized carbons (Fsp3) is 0.219. The van der Waals surface area contributed by atoms with E-state index >= 15 is 0 Å². The molecule has 0 spiro atoms. The fourth-order valence-corrected chi connectivity index (χ4v) is 6.19. The quantitative estimate of drug-likeness (QED) is 0.175. The maximum Gasteiger partial charge on any atom is 0.290 e. The van der Waals surface area contributed by atoms with Gasteiger partial charge < -0.3 is 24.6 Å². The zero-order valence-electron chi connectivity index (χ0n) is 24.3. The number of aromatic nitrogens is 3. The van der Waals surface area contributed by atoms with Crippen LogP contribution < -0.4 is 14.8 Å². The molecule has 2 aromatic heterocycles. The first-order valence-electron chi connectivity index (χ1n) is 14.1. The van der Waals surface area contributed by atoms with E-state index in [0.717, 1.165) is 30.0 Å². The topological polar surface area (TPSA) is 139 Å². The number of rotatable bonds is 10. The van der Waals surface area contributed by atoms with Crippen molar-refractivity contribution in [1.82, 2.24) is 19.4 Å². The van der Waals surface area contributed by atoms with E-state index in [-0.39, 0.29) is 11.4 Å². The molecule has 3 heterocycles. The third-order valence-corrected chi connectivity index (χ3v) is 8.77. The number of fused-ring (bicyclic) bond motifs is 1. The number of likely N-dealkylation sites (tertiary alicyclic amines) is 1. The zero-order valence-corrected chi connectivity index (χ0v) is 25.1. The number of ether oxygens (including phenoxy) is 1. The number of benzene rings is 3. The van der Waals surface area contributed by atoms with E-state index in [0.29, 0.717) is 17.3 Å². The summed E-state index contributed by atoms with van der Waals surface area (Å²) in [6.45, 7) is 4.25. The van der Waals surface area contributed by atoms with Crippen LogP contribution in [0.4, 0.5) is 17.2 Å². The minimum absolute atomic E-state index is 0.158. The van der Waals surface area contributed by atoms with Crippen molar-refractivity contribution in [2.45, 2.75) is 24.3 Å². The normalized spacial score (nSPS) is 13.2. The van der Waals surface area contributed by atoms with Crippen LogP contribution in [0.1, 0.15) is 12.8 Å². The molecule has 1 aliphatic heterocycles. The molecule has 44 heavy (non-hydrogen) atoms. The van der Waals surface area contributed by atoms with Gasteiger partial charge in [0.2, 0.25) is 0 Å². The van der Waals surface area contributed by atoms with E-state index in [2.05, 4.69) is 59.9 Å². The Morgan fingerprint density at radius 2 is 1.61 bits per heavy atom. The molecule has 0 aliphatic carbocycles. The second-order valence-corrected chi connectivity index (χ2v) is 11.9. The average molecular weight is 615 g/mol. The first-order chi connectivity index (χ1) is 21.4. The van der Waals surface area contributed by atoms with Crippen LogP contribution in [0.25, 0.3) is 22.2 Å². The van der Waals surface area contributed by atoms with Crippen molar-refractivity contribution in [2.75, 3.05) is 36.8 Å². The molecule has 3 aromatic carbocycles. The van der Waals surface area contributed by atoms with Crippen LogP contribution in [0.5, 0.6) is 5.75 Å². The number of carboxylic acid groups (broad SMARTS) is 1. The molecule has 1 saturated heterocycles. The number of hydrogen-bond donors (Lipinski definition) is 3. The summed E-state index contributed by atoms with van der Waals surface area (Å²) in [6.07, 6.45) is 6.33. The molecule has 6 rings (SSSR count). The highest BCUT2D eigenvalue weighted by atomic mass is 32.2. The zero-order chi connectivity index (χ0) is 30.9. The van der Waals surface area contributed by atoms with Gasteiger partial charge in [0.25, 0.3) is 16.5 Å². The van der Waals surface area contributed by atoms with E-state index in [9.17, 15) is 8.42 Å². The molecule has 3 N–H and O–H groups in total. The molecule has 0 unspecified atom stereocenters. The molecule has 0 atom stereocenters.